The maximum absolute atomic E-state index is 14.9. The lowest BCUT2D eigenvalue weighted by atomic mass is 10.1. The Hall–Kier alpha value is -4.79. The normalized spacial score (nSPS) is 11.0. The number of amides is 1. The number of hydrogen-bond acceptors (Lipinski definition) is 5. The molecule has 3 heterocycles. The van der Waals surface area contributed by atoms with Crippen molar-refractivity contribution in [3.8, 4) is 17.2 Å². The highest BCUT2D eigenvalue weighted by atomic mass is 19.1. The molecule has 1 amide bonds. The molecule has 0 saturated heterocycles. The van der Waals surface area contributed by atoms with Crippen molar-refractivity contribution in [2.24, 2.45) is 0 Å². The van der Waals surface area contributed by atoms with Gasteiger partial charge in [0.05, 0.1) is 11.1 Å². The molecule has 8 nitrogen and oxygen atoms in total. The first-order valence-electron chi connectivity index (χ1n) is 11.2. The summed E-state index contributed by atoms with van der Waals surface area (Å²) >= 11 is 0. The van der Waals surface area contributed by atoms with Gasteiger partial charge >= 0.3 is 0 Å². The van der Waals surface area contributed by atoms with Crippen molar-refractivity contribution in [3.05, 3.63) is 106 Å². The molecule has 0 bridgehead atoms. The minimum absolute atomic E-state index is 0.000484. The van der Waals surface area contributed by atoms with Crippen molar-refractivity contribution in [1.82, 2.24) is 19.7 Å². The van der Waals surface area contributed by atoms with Gasteiger partial charge in [-0.15, -0.1) is 0 Å². The molecule has 5 aromatic rings. The molecule has 0 aliphatic rings. The summed E-state index contributed by atoms with van der Waals surface area (Å²) in [5.74, 6) is -0.772. The zero-order chi connectivity index (χ0) is 25.4. The van der Waals surface area contributed by atoms with Crippen LogP contribution in [0.4, 0.5) is 10.1 Å². The molecule has 180 valence electrons. The van der Waals surface area contributed by atoms with Crippen LogP contribution in [0.2, 0.25) is 0 Å². The van der Waals surface area contributed by atoms with Crippen molar-refractivity contribution in [3.63, 3.8) is 0 Å². The van der Waals surface area contributed by atoms with E-state index in [0.29, 0.717) is 22.6 Å². The third-order valence-corrected chi connectivity index (χ3v) is 5.76. The van der Waals surface area contributed by atoms with E-state index >= 15 is 0 Å². The molecule has 5 rings (SSSR count). The first-order valence-corrected chi connectivity index (χ1v) is 11.2. The number of aryl methyl sites for hydroxylation is 3. The van der Waals surface area contributed by atoms with Crippen molar-refractivity contribution in [1.29, 1.82) is 0 Å². The highest BCUT2D eigenvalue weighted by molar-refractivity contribution is 6.03. The number of nitrogens with zero attached hydrogens (tertiary/aromatic N) is 3. The second-order valence-corrected chi connectivity index (χ2v) is 8.47. The van der Waals surface area contributed by atoms with Gasteiger partial charge < -0.3 is 15.0 Å². The molecule has 0 aliphatic carbocycles. The summed E-state index contributed by atoms with van der Waals surface area (Å²) in [5, 5.41) is 7.70. The fourth-order valence-corrected chi connectivity index (χ4v) is 3.88. The van der Waals surface area contributed by atoms with E-state index in [9.17, 15) is 14.0 Å². The molecule has 0 aliphatic heterocycles. The van der Waals surface area contributed by atoms with E-state index in [1.807, 2.05) is 32.0 Å². The number of H-pyrrole nitrogens is 1. The Bertz CT molecular complexity index is 1690. The number of benzene rings is 2. The van der Waals surface area contributed by atoms with Gasteiger partial charge in [0, 0.05) is 30.2 Å². The number of nitrogens with one attached hydrogen (secondary N) is 2. The molecule has 36 heavy (non-hydrogen) atoms. The summed E-state index contributed by atoms with van der Waals surface area (Å²) in [4.78, 5) is 32.8. The molecule has 0 fully saturated rings. The SMILES string of the molecule is Cc1ccc(C)c(-n2nc(C(=O)Nc3ccc(Oc4ccnc5[nH]ccc45)c(F)c3)c(C)cc2=O)c1. The second-order valence-electron chi connectivity index (χ2n) is 8.47. The van der Waals surface area contributed by atoms with Crippen LogP contribution in [0.3, 0.4) is 0 Å². The Balaban J connectivity index is 1.41. The van der Waals surface area contributed by atoms with Gasteiger partial charge in [-0.05, 0) is 67.8 Å². The largest absolute Gasteiger partial charge is 0.453 e. The van der Waals surface area contributed by atoms with Gasteiger partial charge in [0.1, 0.15) is 11.4 Å². The van der Waals surface area contributed by atoms with E-state index in [1.165, 1.54) is 28.9 Å². The van der Waals surface area contributed by atoms with Crippen LogP contribution >= 0.6 is 0 Å². The third kappa shape index (κ3) is 4.34. The van der Waals surface area contributed by atoms with Gasteiger partial charge in [0.15, 0.2) is 17.3 Å². The van der Waals surface area contributed by atoms with Crippen LogP contribution in [-0.2, 0) is 0 Å². The Morgan fingerprint density at radius 1 is 1.00 bits per heavy atom. The average molecular weight is 484 g/mol. The van der Waals surface area contributed by atoms with Gasteiger partial charge in [-0.2, -0.15) is 9.78 Å². The van der Waals surface area contributed by atoms with Gasteiger partial charge in [-0.25, -0.2) is 9.37 Å². The topological polar surface area (TPSA) is 102 Å². The third-order valence-electron chi connectivity index (χ3n) is 5.76. The van der Waals surface area contributed by atoms with Gasteiger partial charge in [0.2, 0.25) is 0 Å². The number of carbonyl (C=O) groups is 1. The highest BCUT2D eigenvalue weighted by Gasteiger charge is 2.17. The van der Waals surface area contributed by atoms with Crippen molar-refractivity contribution in [2.75, 3.05) is 5.32 Å². The Morgan fingerprint density at radius 2 is 1.83 bits per heavy atom. The number of aromatic nitrogens is 4. The maximum atomic E-state index is 14.9. The Morgan fingerprint density at radius 3 is 2.64 bits per heavy atom. The van der Waals surface area contributed by atoms with E-state index in [4.69, 9.17) is 4.74 Å². The maximum Gasteiger partial charge on any atom is 0.276 e. The smallest absolute Gasteiger partial charge is 0.276 e. The average Bonchev–Trinajstić information content (AvgIpc) is 3.32. The van der Waals surface area contributed by atoms with Crippen molar-refractivity contribution < 1.29 is 13.9 Å². The molecule has 0 saturated carbocycles. The number of carbonyl (C=O) groups excluding carboxylic acids is 1. The summed E-state index contributed by atoms with van der Waals surface area (Å²) in [6, 6.07) is 14.6. The number of pyridine rings is 1. The number of aromatic amines is 1. The number of fused-ring (bicyclic) bond motifs is 1. The zero-order valence-corrected chi connectivity index (χ0v) is 19.8. The minimum atomic E-state index is -0.654. The lowest BCUT2D eigenvalue weighted by Crippen LogP contribution is -2.27. The van der Waals surface area contributed by atoms with Crippen LogP contribution < -0.4 is 15.6 Å². The molecular weight excluding hydrogens is 461 g/mol. The predicted molar refractivity (Wildman–Crippen MR) is 135 cm³/mol. The highest BCUT2D eigenvalue weighted by Crippen LogP contribution is 2.31. The van der Waals surface area contributed by atoms with E-state index < -0.39 is 11.7 Å². The van der Waals surface area contributed by atoms with Crippen LogP contribution in [0, 0.1) is 26.6 Å². The molecule has 0 spiro atoms. The standard InChI is InChI=1S/C27H22FN5O3/c1-15-4-5-16(2)21(12-15)33-24(34)13-17(3)25(32-33)27(35)31-18-6-7-23(20(28)14-18)36-22-9-11-30-26-19(22)8-10-29-26/h4-14H,1-3H3,(H,29,30)(H,31,35). The molecule has 0 radical (unpaired) electrons. The van der Waals surface area contributed by atoms with Crippen molar-refractivity contribution in [2.45, 2.75) is 20.8 Å². The Kier molecular flexibility index (Phi) is 5.81. The fourth-order valence-electron chi connectivity index (χ4n) is 3.88. The fraction of sp³-hybridized carbons (Fsp3) is 0.111. The number of rotatable bonds is 5. The number of halogens is 1. The number of hydrogen-bond donors (Lipinski definition) is 2. The van der Waals surface area contributed by atoms with Crippen LogP contribution in [0.5, 0.6) is 11.5 Å². The second kappa shape index (κ2) is 9.10. The van der Waals surface area contributed by atoms with Crippen molar-refractivity contribution >= 4 is 22.6 Å². The minimum Gasteiger partial charge on any atom is -0.453 e. The first-order chi connectivity index (χ1) is 17.3. The van der Waals surface area contributed by atoms with Gasteiger partial charge in [-0.1, -0.05) is 12.1 Å². The van der Waals surface area contributed by atoms with Crippen LogP contribution in [-0.4, -0.2) is 25.7 Å². The quantitative estimate of drug-likeness (QED) is 0.357. The molecule has 2 aromatic carbocycles. The lowest BCUT2D eigenvalue weighted by molar-refractivity contribution is 0.102. The molecular formula is C27H22FN5O3. The molecule has 9 heteroatoms. The first kappa shape index (κ1) is 23.0. The summed E-state index contributed by atoms with van der Waals surface area (Å²) in [6.45, 7) is 5.40. The molecule has 3 aromatic heterocycles. The summed E-state index contributed by atoms with van der Waals surface area (Å²) in [6.07, 6.45) is 3.28. The number of anilines is 1. The van der Waals surface area contributed by atoms with Crippen LogP contribution in [0.25, 0.3) is 16.7 Å². The van der Waals surface area contributed by atoms with E-state index in [2.05, 4.69) is 20.4 Å². The van der Waals surface area contributed by atoms with Crippen LogP contribution in [0.15, 0.2) is 71.8 Å². The van der Waals surface area contributed by atoms with Gasteiger partial charge in [-0.3, -0.25) is 9.59 Å². The predicted octanol–water partition coefficient (Wildman–Crippen LogP) is 5.22. The summed E-state index contributed by atoms with van der Waals surface area (Å²) in [7, 11) is 0. The van der Waals surface area contributed by atoms with E-state index in [0.717, 1.165) is 16.5 Å². The van der Waals surface area contributed by atoms with Gasteiger partial charge in [0.25, 0.3) is 11.5 Å². The van der Waals surface area contributed by atoms with Crippen LogP contribution in [0.1, 0.15) is 27.2 Å². The van der Waals surface area contributed by atoms with E-state index in [1.54, 1.807) is 31.5 Å². The summed E-state index contributed by atoms with van der Waals surface area (Å²) in [5.41, 5.74) is 3.36. The Labute approximate surface area is 205 Å². The monoisotopic (exact) mass is 483 g/mol. The molecule has 0 atom stereocenters. The van der Waals surface area contributed by atoms with E-state index in [-0.39, 0.29) is 22.7 Å². The lowest BCUT2D eigenvalue weighted by Gasteiger charge is -2.13. The number of ether oxygens (including phenoxy) is 1. The molecule has 0 unspecified atom stereocenters. The molecule has 2 N–H and O–H groups in total. The summed E-state index contributed by atoms with van der Waals surface area (Å²) < 4.78 is 21.8. The zero-order valence-electron chi connectivity index (χ0n) is 19.8.